The molecule has 3 rings (SSSR count). The topological polar surface area (TPSA) is 91.4 Å². The largest absolute Gasteiger partial charge is 0.508 e. The molecule has 1 saturated heterocycles. The van der Waals surface area contributed by atoms with Crippen molar-refractivity contribution in [2.45, 2.75) is 46.3 Å². The zero-order chi connectivity index (χ0) is 25.7. The van der Waals surface area contributed by atoms with Crippen molar-refractivity contribution >= 4 is 18.0 Å². The summed E-state index contributed by atoms with van der Waals surface area (Å²) in [7, 11) is 0. The van der Waals surface area contributed by atoms with Gasteiger partial charge in [-0.2, -0.15) is 0 Å². The minimum atomic E-state index is -0.872. The maximum absolute atomic E-state index is 13.1. The number of benzene rings is 1. The van der Waals surface area contributed by atoms with Gasteiger partial charge in [-0.05, 0) is 37.5 Å². The second-order valence-corrected chi connectivity index (χ2v) is 8.63. The lowest BCUT2D eigenvalue weighted by Crippen LogP contribution is -2.64. The number of fused-ring (bicyclic) bond motifs is 1. The number of ether oxygens (including phenoxy) is 4. The Morgan fingerprint density at radius 1 is 1.17 bits per heavy atom. The molecule has 1 amide bonds. The number of carbonyl (C=O) groups excluding carboxylic acids is 3. The van der Waals surface area contributed by atoms with E-state index >= 15 is 0 Å². The van der Waals surface area contributed by atoms with E-state index in [0.29, 0.717) is 5.57 Å². The Morgan fingerprint density at radius 2 is 1.86 bits per heavy atom. The summed E-state index contributed by atoms with van der Waals surface area (Å²) < 4.78 is 21.6. The first-order valence-electron chi connectivity index (χ1n) is 11.8. The summed E-state index contributed by atoms with van der Waals surface area (Å²) in [6.45, 7) is 14.9. The zero-order valence-electron chi connectivity index (χ0n) is 20.7. The average Bonchev–Trinajstić information content (AvgIpc) is 3.08. The molecule has 8 nitrogen and oxygen atoms in total. The fourth-order valence-corrected chi connectivity index (χ4v) is 4.75. The highest BCUT2D eigenvalue weighted by molar-refractivity contribution is 6.01. The molecule has 0 aromatic heterocycles. The van der Waals surface area contributed by atoms with Gasteiger partial charge >= 0.3 is 12.1 Å². The Morgan fingerprint density at radius 3 is 2.51 bits per heavy atom. The van der Waals surface area contributed by atoms with E-state index in [4.69, 9.17) is 18.9 Å². The molecule has 3 unspecified atom stereocenters. The molecule has 188 valence electrons. The average molecular weight is 484 g/mol. The molecule has 1 aromatic carbocycles. The van der Waals surface area contributed by atoms with Crippen LogP contribution in [0.1, 0.15) is 31.9 Å². The first-order chi connectivity index (χ1) is 16.8. The van der Waals surface area contributed by atoms with Gasteiger partial charge in [0.2, 0.25) is 5.91 Å². The number of hydrogen-bond acceptors (Lipinski definition) is 7. The normalized spacial score (nSPS) is 21.5. The van der Waals surface area contributed by atoms with Crippen LogP contribution in [0.5, 0.6) is 5.75 Å². The van der Waals surface area contributed by atoms with Crippen molar-refractivity contribution in [3.63, 3.8) is 0 Å². The van der Waals surface area contributed by atoms with Gasteiger partial charge in [-0.15, -0.1) is 0 Å². The monoisotopic (exact) mass is 483 g/mol. The summed E-state index contributed by atoms with van der Waals surface area (Å²) in [6.07, 6.45) is 2.16. The first-order valence-corrected chi connectivity index (χ1v) is 11.8. The number of amides is 1. The number of nitrogens with zero attached hydrogens (tertiary/aromatic N) is 1. The van der Waals surface area contributed by atoms with Gasteiger partial charge in [0.1, 0.15) is 37.4 Å². The molecule has 0 spiro atoms. The van der Waals surface area contributed by atoms with E-state index < -0.39 is 24.1 Å². The zero-order valence-corrected chi connectivity index (χ0v) is 20.7. The van der Waals surface area contributed by atoms with Crippen LogP contribution in [0.3, 0.4) is 0 Å². The molecule has 8 heteroatoms. The van der Waals surface area contributed by atoms with Crippen molar-refractivity contribution < 1.29 is 33.3 Å². The molecule has 0 aliphatic carbocycles. The van der Waals surface area contributed by atoms with Crippen molar-refractivity contribution in [3.05, 3.63) is 65.9 Å². The van der Waals surface area contributed by atoms with E-state index in [1.165, 1.54) is 22.6 Å². The fraction of sp³-hybridized carbons (Fsp3) is 0.444. The van der Waals surface area contributed by atoms with Crippen LogP contribution in [0.15, 0.2) is 54.8 Å². The van der Waals surface area contributed by atoms with Crippen LogP contribution in [-0.2, 0) is 30.2 Å². The van der Waals surface area contributed by atoms with Gasteiger partial charge in [-0.25, -0.2) is 9.59 Å². The summed E-state index contributed by atoms with van der Waals surface area (Å²) in [6, 6.07) is 5.51. The quantitative estimate of drug-likeness (QED) is 0.266. The molecule has 2 aliphatic heterocycles. The van der Waals surface area contributed by atoms with Gasteiger partial charge in [0.15, 0.2) is 0 Å². The van der Waals surface area contributed by atoms with Crippen LogP contribution in [0.2, 0.25) is 0 Å². The van der Waals surface area contributed by atoms with Gasteiger partial charge in [0.25, 0.3) is 0 Å². The number of carbonyl (C=O) groups is 3. The molecule has 4 atom stereocenters. The van der Waals surface area contributed by atoms with Crippen LogP contribution in [0.25, 0.3) is 0 Å². The molecular formula is C27H33NO7. The summed E-state index contributed by atoms with van der Waals surface area (Å²) in [5, 5.41) is 0. The van der Waals surface area contributed by atoms with E-state index in [9.17, 15) is 14.4 Å². The Bertz CT molecular complexity index is 1040. The highest BCUT2D eigenvalue weighted by Gasteiger charge is 2.61. The lowest BCUT2D eigenvalue weighted by molar-refractivity contribution is -0.164. The summed E-state index contributed by atoms with van der Waals surface area (Å²) >= 11 is 0. The maximum atomic E-state index is 13.1. The van der Waals surface area contributed by atoms with Crippen LogP contribution in [-0.4, -0.2) is 54.9 Å². The molecule has 0 bridgehead atoms. The molecule has 1 fully saturated rings. The summed E-state index contributed by atoms with van der Waals surface area (Å²) in [5.74, 6) is -1.03. The third-order valence-corrected chi connectivity index (χ3v) is 6.59. The van der Waals surface area contributed by atoms with Crippen molar-refractivity contribution in [1.82, 2.24) is 4.90 Å². The lowest BCUT2D eigenvalue weighted by atomic mass is 9.77. The number of aryl methyl sites for hydroxylation is 1. The minimum absolute atomic E-state index is 0.0110. The van der Waals surface area contributed by atoms with Crippen LogP contribution in [0.4, 0.5) is 4.79 Å². The van der Waals surface area contributed by atoms with Crippen molar-refractivity contribution in [1.29, 1.82) is 0 Å². The molecule has 2 aliphatic rings. The molecule has 2 heterocycles. The Labute approximate surface area is 206 Å². The van der Waals surface area contributed by atoms with E-state index in [-0.39, 0.29) is 43.4 Å². The van der Waals surface area contributed by atoms with Gasteiger partial charge in [-0.3, -0.25) is 4.79 Å². The van der Waals surface area contributed by atoms with E-state index in [1.54, 1.807) is 6.92 Å². The van der Waals surface area contributed by atoms with E-state index in [0.717, 1.165) is 17.7 Å². The van der Waals surface area contributed by atoms with Gasteiger partial charge in [-0.1, -0.05) is 51.3 Å². The number of rotatable bonds is 11. The van der Waals surface area contributed by atoms with Crippen LogP contribution in [0, 0.1) is 18.8 Å². The smallest absolute Gasteiger partial charge is 0.489 e. The summed E-state index contributed by atoms with van der Waals surface area (Å²) in [5.41, 5.74) is 3.07. The van der Waals surface area contributed by atoms with E-state index in [1.807, 2.05) is 32.0 Å². The van der Waals surface area contributed by atoms with Crippen LogP contribution >= 0.6 is 0 Å². The summed E-state index contributed by atoms with van der Waals surface area (Å²) in [4.78, 5) is 39.5. The fourth-order valence-electron chi connectivity index (χ4n) is 4.75. The minimum Gasteiger partial charge on any atom is -0.489 e. The van der Waals surface area contributed by atoms with E-state index in [2.05, 4.69) is 20.1 Å². The number of hydrogen-bond donors (Lipinski definition) is 0. The highest BCUT2D eigenvalue weighted by atomic mass is 16.7. The molecule has 0 saturated carbocycles. The second kappa shape index (κ2) is 11.3. The number of esters is 1. The SMILES string of the molecule is C=CCOC(=O)OC(C)C1C(=O)N2C(C(=O)OCC=C)=C(COc3cccc(CC)c3C)C(C)[C@H]12. The molecule has 0 radical (unpaired) electrons. The Kier molecular flexibility index (Phi) is 8.38. The van der Waals surface area contributed by atoms with Crippen molar-refractivity contribution in [2.24, 2.45) is 11.8 Å². The molecule has 35 heavy (non-hydrogen) atoms. The highest BCUT2D eigenvalue weighted by Crippen LogP contribution is 2.48. The first kappa shape index (κ1) is 26.1. The predicted molar refractivity (Wildman–Crippen MR) is 130 cm³/mol. The van der Waals surface area contributed by atoms with Gasteiger partial charge in [0.05, 0.1) is 12.0 Å². The number of β-lactam (4-membered cyclic amide) rings is 1. The molecule has 0 N–H and O–H groups in total. The third kappa shape index (κ3) is 5.11. The van der Waals surface area contributed by atoms with Gasteiger partial charge in [0, 0.05) is 11.5 Å². The maximum Gasteiger partial charge on any atom is 0.508 e. The van der Waals surface area contributed by atoms with Gasteiger partial charge < -0.3 is 23.8 Å². The standard InChI is InChI=1S/C27H33NO7/c1-7-13-32-26(30)24-20(15-34-21-12-10-11-19(9-3)16(21)4)17(5)23-22(25(29)28(23)24)18(6)35-27(31)33-14-8-2/h7-8,10-12,17-18,22-23H,1-2,9,13-15H2,3-6H3/t17?,18?,22?,23-/m1/s1. The van der Waals surface area contributed by atoms with Crippen molar-refractivity contribution in [3.8, 4) is 5.75 Å². The third-order valence-electron chi connectivity index (χ3n) is 6.59. The molecule has 1 aromatic rings. The van der Waals surface area contributed by atoms with Crippen LogP contribution < -0.4 is 4.74 Å². The Balaban J connectivity index is 1.84. The molecular weight excluding hydrogens is 450 g/mol. The lowest BCUT2D eigenvalue weighted by Gasteiger charge is -2.47. The van der Waals surface area contributed by atoms with Crippen molar-refractivity contribution in [2.75, 3.05) is 19.8 Å². The second-order valence-electron chi connectivity index (χ2n) is 8.63. The Hall–Kier alpha value is -3.55. The predicted octanol–water partition coefficient (Wildman–Crippen LogP) is 4.12.